The average molecular weight is 298 g/mol. The molecule has 1 aliphatic rings. The second-order valence-electron chi connectivity index (χ2n) is 5.42. The second-order valence-corrected chi connectivity index (χ2v) is 5.83. The minimum atomic E-state index is -0.398. The highest BCUT2D eigenvalue weighted by Gasteiger charge is 2.29. The lowest BCUT2D eigenvalue weighted by Crippen LogP contribution is -2.38. The number of carbonyl (C=O) groups is 1. The van der Waals surface area contributed by atoms with Crippen molar-refractivity contribution in [3.8, 4) is 5.75 Å². The summed E-state index contributed by atoms with van der Waals surface area (Å²) < 4.78 is 0. The zero-order valence-corrected chi connectivity index (χ0v) is 12.3. The Morgan fingerprint density at radius 3 is 2.95 bits per heavy atom. The molecular formula is C15H20ClNO3. The van der Waals surface area contributed by atoms with Crippen molar-refractivity contribution in [2.75, 3.05) is 6.54 Å². The van der Waals surface area contributed by atoms with Crippen molar-refractivity contribution in [2.45, 2.75) is 44.8 Å². The molecular weight excluding hydrogens is 278 g/mol. The average Bonchev–Trinajstić information content (AvgIpc) is 2.80. The molecule has 0 radical (unpaired) electrons. The molecule has 1 aromatic rings. The number of nitrogens with zero attached hydrogens (tertiary/aromatic N) is 1. The fourth-order valence-electron chi connectivity index (χ4n) is 2.75. The summed E-state index contributed by atoms with van der Waals surface area (Å²) in [6, 6.07) is 4.78. The molecule has 2 rings (SSSR count). The third kappa shape index (κ3) is 3.64. The largest absolute Gasteiger partial charge is 0.508 e. The molecule has 20 heavy (non-hydrogen) atoms. The van der Waals surface area contributed by atoms with E-state index >= 15 is 0 Å². The SMILES string of the molecule is C[C@@H](O)C[C@@H]1CCCN1C(=O)Cc1ccc(O)cc1Cl. The molecule has 1 aliphatic heterocycles. The van der Waals surface area contributed by atoms with E-state index in [0.717, 1.165) is 24.9 Å². The van der Waals surface area contributed by atoms with Gasteiger partial charge in [-0.15, -0.1) is 0 Å². The zero-order valence-electron chi connectivity index (χ0n) is 11.6. The Bertz CT molecular complexity index is 490. The molecule has 1 heterocycles. The number of aromatic hydroxyl groups is 1. The van der Waals surface area contributed by atoms with Crippen LogP contribution >= 0.6 is 11.6 Å². The first-order chi connectivity index (χ1) is 9.47. The first kappa shape index (κ1) is 15.1. The fourth-order valence-corrected chi connectivity index (χ4v) is 2.99. The predicted molar refractivity (Wildman–Crippen MR) is 77.9 cm³/mol. The number of halogens is 1. The maximum atomic E-state index is 12.4. The molecule has 4 nitrogen and oxygen atoms in total. The Balaban J connectivity index is 2.03. The van der Waals surface area contributed by atoms with Crippen LogP contribution in [0.1, 0.15) is 31.7 Å². The topological polar surface area (TPSA) is 60.8 Å². The lowest BCUT2D eigenvalue weighted by atomic mass is 10.1. The molecule has 0 spiro atoms. The number of phenolic OH excluding ortho intramolecular Hbond substituents is 1. The van der Waals surface area contributed by atoms with Gasteiger partial charge in [0, 0.05) is 17.6 Å². The van der Waals surface area contributed by atoms with E-state index in [1.165, 1.54) is 12.1 Å². The number of hydrogen-bond donors (Lipinski definition) is 2. The summed E-state index contributed by atoms with van der Waals surface area (Å²) >= 11 is 6.03. The normalized spacial score (nSPS) is 20.1. The number of phenols is 1. The van der Waals surface area contributed by atoms with Gasteiger partial charge in [0.25, 0.3) is 0 Å². The summed E-state index contributed by atoms with van der Waals surface area (Å²) in [7, 11) is 0. The number of amides is 1. The van der Waals surface area contributed by atoms with Gasteiger partial charge < -0.3 is 15.1 Å². The predicted octanol–water partition coefficient (Wildman–Crippen LogP) is 2.35. The van der Waals surface area contributed by atoms with Crippen LogP contribution < -0.4 is 0 Å². The van der Waals surface area contributed by atoms with E-state index in [9.17, 15) is 15.0 Å². The maximum absolute atomic E-state index is 12.4. The van der Waals surface area contributed by atoms with E-state index < -0.39 is 6.10 Å². The van der Waals surface area contributed by atoms with Crippen molar-refractivity contribution in [2.24, 2.45) is 0 Å². The summed E-state index contributed by atoms with van der Waals surface area (Å²) in [6.07, 6.45) is 2.38. The van der Waals surface area contributed by atoms with E-state index in [1.807, 2.05) is 4.90 Å². The van der Waals surface area contributed by atoms with Crippen LogP contribution in [0.5, 0.6) is 5.75 Å². The van der Waals surface area contributed by atoms with Gasteiger partial charge in [0.05, 0.1) is 12.5 Å². The van der Waals surface area contributed by atoms with Gasteiger partial charge in [0.2, 0.25) is 5.91 Å². The number of benzene rings is 1. The van der Waals surface area contributed by atoms with Crippen molar-refractivity contribution < 1.29 is 15.0 Å². The number of aliphatic hydroxyl groups excluding tert-OH is 1. The molecule has 1 saturated heterocycles. The molecule has 1 fully saturated rings. The number of carbonyl (C=O) groups excluding carboxylic acids is 1. The van der Waals surface area contributed by atoms with Gasteiger partial charge in [-0.1, -0.05) is 17.7 Å². The molecule has 5 heteroatoms. The van der Waals surface area contributed by atoms with Crippen LogP contribution in [0, 0.1) is 0 Å². The third-order valence-corrected chi connectivity index (χ3v) is 4.04. The Hall–Kier alpha value is -1.26. The fraction of sp³-hybridized carbons (Fsp3) is 0.533. The van der Waals surface area contributed by atoms with E-state index in [0.29, 0.717) is 11.4 Å². The van der Waals surface area contributed by atoms with Crippen LogP contribution in [0.25, 0.3) is 0 Å². The van der Waals surface area contributed by atoms with Crippen LogP contribution in [0.4, 0.5) is 0 Å². The van der Waals surface area contributed by atoms with Gasteiger partial charge in [0.15, 0.2) is 0 Å². The Morgan fingerprint density at radius 1 is 1.55 bits per heavy atom. The van der Waals surface area contributed by atoms with Gasteiger partial charge in [-0.2, -0.15) is 0 Å². The number of hydrogen-bond acceptors (Lipinski definition) is 3. The van der Waals surface area contributed by atoms with Crippen LogP contribution in [-0.4, -0.2) is 39.7 Å². The molecule has 2 N–H and O–H groups in total. The van der Waals surface area contributed by atoms with Crippen LogP contribution in [-0.2, 0) is 11.2 Å². The third-order valence-electron chi connectivity index (χ3n) is 3.69. The number of likely N-dealkylation sites (tertiary alicyclic amines) is 1. The van der Waals surface area contributed by atoms with Gasteiger partial charge in [-0.25, -0.2) is 0 Å². The van der Waals surface area contributed by atoms with Crippen molar-refractivity contribution in [3.05, 3.63) is 28.8 Å². The highest BCUT2D eigenvalue weighted by atomic mass is 35.5. The standard InChI is InChI=1S/C15H20ClNO3/c1-10(18)7-12-3-2-6-17(12)15(20)8-11-4-5-13(19)9-14(11)16/h4-5,9-10,12,18-19H,2-3,6-8H2,1H3/t10-,12+/m1/s1. The maximum Gasteiger partial charge on any atom is 0.227 e. The molecule has 0 aliphatic carbocycles. The summed E-state index contributed by atoms with van der Waals surface area (Å²) in [6.45, 7) is 2.49. The van der Waals surface area contributed by atoms with Crippen molar-refractivity contribution >= 4 is 17.5 Å². The smallest absolute Gasteiger partial charge is 0.227 e. The van der Waals surface area contributed by atoms with Gasteiger partial charge in [0.1, 0.15) is 5.75 Å². The Labute approximate surface area is 124 Å². The minimum Gasteiger partial charge on any atom is -0.508 e. The Morgan fingerprint density at radius 2 is 2.30 bits per heavy atom. The van der Waals surface area contributed by atoms with Crippen LogP contribution in [0.2, 0.25) is 5.02 Å². The lowest BCUT2D eigenvalue weighted by molar-refractivity contribution is -0.131. The quantitative estimate of drug-likeness (QED) is 0.897. The van der Waals surface area contributed by atoms with Crippen molar-refractivity contribution in [1.82, 2.24) is 4.90 Å². The molecule has 0 saturated carbocycles. The van der Waals surface area contributed by atoms with E-state index in [2.05, 4.69) is 0 Å². The van der Waals surface area contributed by atoms with Crippen LogP contribution in [0.15, 0.2) is 18.2 Å². The van der Waals surface area contributed by atoms with E-state index in [1.54, 1.807) is 13.0 Å². The van der Waals surface area contributed by atoms with Gasteiger partial charge >= 0.3 is 0 Å². The molecule has 1 amide bonds. The number of aliphatic hydroxyl groups is 1. The summed E-state index contributed by atoms with van der Waals surface area (Å²) in [5.74, 6) is 0.125. The first-order valence-corrected chi connectivity index (χ1v) is 7.30. The second kappa shape index (κ2) is 6.46. The summed E-state index contributed by atoms with van der Waals surface area (Å²) in [5.41, 5.74) is 0.720. The molecule has 0 unspecified atom stereocenters. The lowest BCUT2D eigenvalue weighted by Gasteiger charge is -2.26. The van der Waals surface area contributed by atoms with Gasteiger partial charge in [-0.05, 0) is 43.9 Å². The zero-order chi connectivity index (χ0) is 14.7. The molecule has 110 valence electrons. The Kier molecular flexibility index (Phi) is 4.89. The molecule has 0 bridgehead atoms. The van der Waals surface area contributed by atoms with Gasteiger partial charge in [-0.3, -0.25) is 4.79 Å². The summed E-state index contributed by atoms with van der Waals surface area (Å²) in [4.78, 5) is 14.2. The van der Waals surface area contributed by atoms with E-state index in [-0.39, 0.29) is 24.1 Å². The highest BCUT2D eigenvalue weighted by Crippen LogP contribution is 2.25. The van der Waals surface area contributed by atoms with E-state index in [4.69, 9.17) is 11.6 Å². The molecule has 2 atom stereocenters. The number of rotatable bonds is 4. The molecule has 1 aromatic carbocycles. The first-order valence-electron chi connectivity index (χ1n) is 6.92. The minimum absolute atomic E-state index is 0.0285. The molecule has 0 aromatic heterocycles. The monoisotopic (exact) mass is 297 g/mol. The summed E-state index contributed by atoms with van der Waals surface area (Å²) in [5, 5.41) is 19.2. The van der Waals surface area contributed by atoms with Crippen molar-refractivity contribution in [3.63, 3.8) is 0 Å². The highest BCUT2D eigenvalue weighted by molar-refractivity contribution is 6.31. The van der Waals surface area contributed by atoms with Crippen molar-refractivity contribution in [1.29, 1.82) is 0 Å². The van der Waals surface area contributed by atoms with Crippen LogP contribution in [0.3, 0.4) is 0 Å².